The molecule has 1 aliphatic carbocycles. The van der Waals surface area contributed by atoms with Gasteiger partial charge in [0.15, 0.2) is 0 Å². The summed E-state index contributed by atoms with van der Waals surface area (Å²) in [5, 5.41) is 0. The first-order valence-electron chi connectivity index (χ1n) is 8.69. The Hall–Kier alpha value is -2.32. The van der Waals surface area contributed by atoms with E-state index in [0.717, 1.165) is 23.3 Å². The molecule has 142 valence electrons. The van der Waals surface area contributed by atoms with Crippen LogP contribution in [0.1, 0.15) is 29.0 Å². The van der Waals surface area contributed by atoms with Gasteiger partial charge in [-0.25, -0.2) is 13.5 Å². The van der Waals surface area contributed by atoms with Crippen LogP contribution in [0, 0.1) is 17.6 Å². The van der Waals surface area contributed by atoms with Crippen LogP contribution in [0.3, 0.4) is 0 Å². The van der Waals surface area contributed by atoms with Crippen molar-refractivity contribution in [3.05, 3.63) is 70.8 Å². The molecule has 2 atom stereocenters. The molecule has 1 fully saturated rings. The Balaban J connectivity index is 1.44. The van der Waals surface area contributed by atoms with E-state index in [1.807, 2.05) is 24.3 Å². The fourth-order valence-electron chi connectivity index (χ4n) is 3.61. The normalized spacial score (nSPS) is 22.1. The van der Waals surface area contributed by atoms with Crippen LogP contribution >= 0.6 is 0 Å². The van der Waals surface area contributed by atoms with Crippen molar-refractivity contribution in [1.29, 1.82) is 0 Å². The molecule has 0 spiro atoms. The molecule has 1 N–H and O–H groups in total. The predicted octanol–water partition coefficient (Wildman–Crippen LogP) is 2.49. The predicted molar refractivity (Wildman–Crippen MR) is 94.8 cm³/mol. The van der Waals surface area contributed by atoms with Crippen molar-refractivity contribution in [3.63, 3.8) is 0 Å². The second-order valence-electron chi connectivity index (χ2n) is 6.91. The van der Waals surface area contributed by atoms with Crippen LogP contribution in [-0.4, -0.2) is 25.2 Å². The average Bonchev–Trinajstić information content (AvgIpc) is 3.41. The number of carbonyl (C=O) groups excluding carboxylic acids is 1. The molecule has 1 aliphatic heterocycles. The number of fused-ring (bicyclic) bond motifs is 1. The molecule has 1 amide bonds. The molecule has 2 aromatic rings. The fraction of sp³-hybridized carbons (Fsp3) is 0.316. The Labute approximate surface area is 156 Å². The van der Waals surface area contributed by atoms with Gasteiger partial charge in [-0.3, -0.25) is 4.79 Å². The summed E-state index contributed by atoms with van der Waals surface area (Å²) in [7, 11) is -4.01. The summed E-state index contributed by atoms with van der Waals surface area (Å²) in [6, 6.07) is 11.1. The summed E-state index contributed by atoms with van der Waals surface area (Å²) in [5.74, 6) is -3.54. The summed E-state index contributed by atoms with van der Waals surface area (Å²) < 4.78 is 56.1. The Kier molecular flexibility index (Phi) is 4.47. The number of hydrogen-bond donors (Lipinski definition) is 1. The lowest BCUT2D eigenvalue weighted by atomic mass is 10.0. The monoisotopic (exact) mass is 392 g/mol. The van der Waals surface area contributed by atoms with E-state index in [4.69, 9.17) is 0 Å². The van der Waals surface area contributed by atoms with Crippen molar-refractivity contribution in [2.45, 2.75) is 25.3 Å². The minimum atomic E-state index is -4.01. The van der Waals surface area contributed by atoms with Gasteiger partial charge in [0.2, 0.25) is 5.91 Å². The highest BCUT2D eigenvalue weighted by molar-refractivity contribution is 7.87. The lowest BCUT2D eigenvalue weighted by Gasteiger charge is -2.27. The first-order valence-corrected chi connectivity index (χ1v) is 10.1. The highest BCUT2D eigenvalue weighted by Gasteiger charge is 2.48. The number of carbonyl (C=O) groups is 1. The third kappa shape index (κ3) is 3.46. The average molecular weight is 392 g/mol. The van der Waals surface area contributed by atoms with Crippen molar-refractivity contribution >= 4 is 16.1 Å². The number of benzene rings is 2. The topological polar surface area (TPSA) is 66.5 Å². The maximum Gasteiger partial charge on any atom is 0.304 e. The molecule has 0 unspecified atom stereocenters. The number of rotatable bonds is 4. The highest BCUT2D eigenvalue weighted by Crippen LogP contribution is 2.49. The zero-order valence-corrected chi connectivity index (χ0v) is 15.2. The minimum Gasteiger partial charge on any atom is -0.274 e. The molecule has 1 heterocycles. The summed E-state index contributed by atoms with van der Waals surface area (Å²) in [4.78, 5) is 12.4. The van der Waals surface area contributed by atoms with Crippen molar-refractivity contribution in [2.75, 3.05) is 6.54 Å². The zero-order valence-electron chi connectivity index (χ0n) is 14.4. The van der Waals surface area contributed by atoms with Crippen LogP contribution in [0.2, 0.25) is 0 Å². The molecule has 0 radical (unpaired) electrons. The smallest absolute Gasteiger partial charge is 0.274 e. The summed E-state index contributed by atoms with van der Waals surface area (Å²) in [6.45, 7) is 0.463. The van der Waals surface area contributed by atoms with Crippen LogP contribution in [0.15, 0.2) is 42.5 Å². The van der Waals surface area contributed by atoms with Gasteiger partial charge in [0.05, 0.1) is 0 Å². The van der Waals surface area contributed by atoms with Gasteiger partial charge in [-0.2, -0.15) is 12.7 Å². The Morgan fingerprint density at radius 1 is 1.04 bits per heavy atom. The maximum absolute atomic E-state index is 13.8. The van der Waals surface area contributed by atoms with Gasteiger partial charge in [-0.05, 0) is 36.1 Å². The van der Waals surface area contributed by atoms with E-state index in [0.29, 0.717) is 6.42 Å². The van der Waals surface area contributed by atoms with Crippen LogP contribution in [-0.2, 0) is 28.0 Å². The Bertz CT molecular complexity index is 990. The van der Waals surface area contributed by atoms with Crippen molar-refractivity contribution in [2.24, 2.45) is 5.92 Å². The fourth-order valence-corrected chi connectivity index (χ4v) is 4.79. The second-order valence-corrected chi connectivity index (χ2v) is 8.58. The number of hydrogen-bond acceptors (Lipinski definition) is 3. The molecular weight excluding hydrogens is 374 g/mol. The first-order chi connectivity index (χ1) is 12.9. The van der Waals surface area contributed by atoms with E-state index in [-0.39, 0.29) is 25.1 Å². The van der Waals surface area contributed by atoms with Crippen LogP contribution in [0.4, 0.5) is 8.78 Å². The second kappa shape index (κ2) is 6.69. The third-order valence-electron chi connectivity index (χ3n) is 5.16. The maximum atomic E-state index is 13.8. The van der Waals surface area contributed by atoms with Gasteiger partial charge in [-0.15, -0.1) is 0 Å². The molecule has 1 saturated carbocycles. The van der Waals surface area contributed by atoms with E-state index >= 15 is 0 Å². The Morgan fingerprint density at radius 3 is 2.41 bits per heavy atom. The van der Waals surface area contributed by atoms with Crippen LogP contribution < -0.4 is 4.72 Å². The first kappa shape index (κ1) is 18.1. The molecule has 2 aliphatic rings. The van der Waals surface area contributed by atoms with E-state index in [1.165, 1.54) is 10.4 Å². The zero-order chi connectivity index (χ0) is 19.2. The highest BCUT2D eigenvalue weighted by atomic mass is 32.2. The molecule has 0 saturated heterocycles. The molecule has 0 aromatic heterocycles. The van der Waals surface area contributed by atoms with Gasteiger partial charge >= 0.3 is 10.2 Å². The van der Waals surface area contributed by atoms with Gasteiger partial charge in [0.1, 0.15) is 11.6 Å². The summed E-state index contributed by atoms with van der Waals surface area (Å²) >= 11 is 0. The largest absolute Gasteiger partial charge is 0.304 e. The number of halogens is 2. The van der Waals surface area contributed by atoms with E-state index in [9.17, 15) is 22.0 Å². The van der Waals surface area contributed by atoms with Crippen molar-refractivity contribution in [1.82, 2.24) is 9.03 Å². The van der Waals surface area contributed by atoms with Gasteiger partial charge < -0.3 is 0 Å². The van der Waals surface area contributed by atoms with E-state index < -0.39 is 39.6 Å². The minimum absolute atomic E-state index is 0.151. The van der Waals surface area contributed by atoms with Crippen LogP contribution in [0.25, 0.3) is 0 Å². The van der Waals surface area contributed by atoms with Gasteiger partial charge in [0, 0.05) is 30.5 Å². The SMILES string of the molecule is O=C(NS(=O)(=O)N1CCc2ccccc2C1)[C@@H]1C[C@H]1c1c(F)cccc1F. The molecule has 8 heteroatoms. The number of nitrogens with zero attached hydrogens (tertiary/aromatic N) is 1. The quantitative estimate of drug-likeness (QED) is 0.869. The van der Waals surface area contributed by atoms with Gasteiger partial charge in [-0.1, -0.05) is 30.3 Å². The molecular formula is C19H18F2N2O3S. The third-order valence-corrected chi connectivity index (χ3v) is 6.61. The van der Waals surface area contributed by atoms with Crippen molar-refractivity contribution < 1.29 is 22.0 Å². The summed E-state index contributed by atoms with van der Waals surface area (Å²) in [5.41, 5.74) is 1.84. The van der Waals surface area contributed by atoms with E-state index in [2.05, 4.69) is 4.72 Å². The Morgan fingerprint density at radius 2 is 1.70 bits per heavy atom. The standard InChI is InChI=1S/C19H18F2N2O3S/c20-16-6-3-7-17(21)18(16)14-10-15(14)19(24)22-27(25,26)23-9-8-12-4-1-2-5-13(12)11-23/h1-7,14-15H,8-11H2,(H,22,24)/t14-,15-/m1/s1. The summed E-state index contributed by atoms with van der Waals surface area (Å²) in [6.07, 6.45) is 0.791. The number of nitrogens with one attached hydrogen (secondary N) is 1. The molecule has 27 heavy (non-hydrogen) atoms. The van der Waals surface area contributed by atoms with E-state index in [1.54, 1.807) is 0 Å². The van der Waals surface area contributed by atoms with Gasteiger partial charge in [0.25, 0.3) is 0 Å². The van der Waals surface area contributed by atoms with Crippen LogP contribution in [0.5, 0.6) is 0 Å². The molecule has 2 aromatic carbocycles. The lowest BCUT2D eigenvalue weighted by molar-refractivity contribution is -0.120. The molecule has 4 rings (SSSR count). The number of amides is 1. The molecule has 0 bridgehead atoms. The molecule has 5 nitrogen and oxygen atoms in total. The lowest BCUT2D eigenvalue weighted by Crippen LogP contribution is -2.46. The van der Waals surface area contributed by atoms with Crippen molar-refractivity contribution in [3.8, 4) is 0 Å².